The standard InChI is InChI=1S/C23H22ClFN4O3/c24-17-1-2-22-14(8-17)7-15(13-32-22)23(30)28-20-10-19(25)18(16-11-26-27-12-16)9-21(20)29-3-5-31-6-4-29/h1-2,8-12,15H,3-7,13H2,(H,26,27)(H,28,30). The first-order valence-electron chi connectivity index (χ1n) is 10.5. The van der Waals surface area contributed by atoms with Crippen molar-refractivity contribution in [2.45, 2.75) is 6.42 Å². The lowest BCUT2D eigenvalue weighted by Crippen LogP contribution is -2.37. The lowest BCUT2D eigenvalue weighted by Gasteiger charge is -2.31. The molecule has 0 saturated carbocycles. The Balaban J connectivity index is 1.43. The molecule has 3 aromatic rings. The largest absolute Gasteiger partial charge is 0.492 e. The van der Waals surface area contributed by atoms with E-state index in [-0.39, 0.29) is 12.5 Å². The van der Waals surface area contributed by atoms with E-state index in [2.05, 4.69) is 20.4 Å². The van der Waals surface area contributed by atoms with Gasteiger partial charge in [-0.15, -0.1) is 0 Å². The summed E-state index contributed by atoms with van der Waals surface area (Å²) in [6, 6.07) is 8.52. The molecule has 7 nitrogen and oxygen atoms in total. The van der Waals surface area contributed by atoms with Crippen molar-refractivity contribution in [1.82, 2.24) is 10.2 Å². The van der Waals surface area contributed by atoms with Gasteiger partial charge in [-0.3, -0.25) is 9.89 Å². The number of nitrogens with zero attached hydrogens (tertiary/aromatic N) is 2. The highest BCUT2D eigenvalue weighted by Crippen LogP contribution is 2.36. The highest BCUT2D eigenvalue weighted by atomic mass is 35.5. The monoisotopic (exact) mass is 456 g/mol. The van der Waals surface area contributed by atoms with E-state index in [4.69, 9.17) is 21.1 Å². The number of aromatic amines is 1. The molecule has 3 heterocycles. The maximum atomic E-state index is 15.0. The van der Waals surface area contributed by atoms with Gasteiger partial charge in [0, 0.05) is 41.5 Å². The number of rotatable bonds is 4. The number of ether oxygens (including phenoxy) is 2. The summed E-state index contributed by atoms with van der Waals surface area (Å²) >= 11 is 6.09. The normalized spacial score (nSPS) is 18.1. The van der Waals surface area contributed by atoms with E-state index in [1.54, 1.807) is 24.5 Å². The quantitative estimate of drug-likeness (QED) is 0.622. The van der Waals surface area contributed by atoms with Gasteiger partial charge < -0.3 is 19.7 Å². The van der Waals surface area contributed by atoms with Gasteiger partial charge in [0.1, 0.15) is 18.2 Å². The van der Waals surface area contributed by atoms with Gasteiger partial charge in [0.25, 0.3) is 0 Å². The Morgan fingerprint density at radius 2 is 2.09 bits per heavy atom. The topological polar surface area (TPSA) is 79.5 Å². The van der Waals surface area contributed by atoms with Crippen LogP contribution in [0.1, 0.15) is 5.56 Å². The Morgan fingerprint density at radius 1 is 1.25 bits per heavy atom. The first-order valence-corrected chi connectivity index (χ1v) is 10.8. The number of H-pyrrole nitrogens is 1. The van der Waals surface area contributed by atoms with Crippen LogP contribution in [0.15, 0.2) is 42.7 Å². The van der Waals surface area contributed by atoms with E-state index in [1.807, 2.05) is 12.1 Å². The van der Waals surface area contributed by atoms with Crippen molar-refractivity contribution in [3.8, 4) is 16.9 Å². The lowest BCUT2D eigenvalue weighted by atomic mass is 9.95. The third-order valence-corrected chi connectivity index (χ3v) is 6.04. The fraction of sp³-hybridized carbons (Fsp3) is 0.304. The van der Waals surface area contributed by atoms with Gasteiger partial charge in [-0.1, -0.05) is 11.6 Å². The van der Waals surface area contributed by atoms with Crippen LogP contribution < -0.4 is 15.0 Å². The maximum Gasteiger partial charge on any atom is 0.231 e. The molecule has 0 aliphatic carbocycles. The van der Waals surface area contributed by atoms with Gasteiger partial charge in [0.15, 0.2) is 0 Å². The Kier molecular flexibility index (Phi) is 5.71. The Labute approximate surface area is 189 Å². The van der Waals surface area contributed by atoms with Crippen LogP contribution in [0.4, 0.5) is 15.8 Å². The summed E-state index contributed by atoms with van der Waals surface area (Å²) in [7, 11) is 0. The summed E-state index contributed by atoms with van der Waals surface area (Å²) in [5.74, 6) is -0.325. The average molecular weight is 457 g/mol. The summed E-state index contributed by atoms with van der Waals surface area (Å²) in [4.78, 5) is 15.2. The summed E-state index contributed by atoms with van der Waals surface area (Å²) in [6.07, 6.45) is 3.72. The van der Waals surface area contributed by atoms with E-state index >= 15 is 4.39 Å². The van der Waals surface area contributed by atoms with Gasteiger partial charge in [-0.05, 0) is 36.2 Å². The highest BCUT2D eigenvalue weighted by molar-refractivity contribution is 6.30. The predicted octanol–water partition coefficient (Wildman–Crippen LogP) is 3.90. The van der Waals surface area contributed by atoms with Crippen LogP contribution in [0.5, 0.6) is 5.75 Å². The third-order valence-electron chi connectivity index (χ3n) is 5.80. The summed E-state index contributed by atoms with van der Waals surface area (Å²) in [6.45, 7) is 2.69. The van der Waals surface area contributed by atoms with Crippen LogP contribution in [-0.4, -0.2) is 49.0 Å². The molecule has 9 heteroatoms. The second-order valence-corrected chi connectivity index (χ2v) is 8.33. The van der Waals surface area contributed by atoms with Crippen molar-refractivity contribution in [2.75, 3.05) is 43.1 Å². The van der Waals surface area contributed by atoms with Crippen LogP contribution >= 0.6 is 11.6 Å². The van der Waals surface area contributed by atoms with Crippen molar-refractivity contribution < 1.29 is 18.7 Å². The molecule has 1 fully saturated rings. The summed E-state index contributed by atoms with van der Waals surface area (Å²) in [5.41, 5.74) is 3.13. The Morgan fingerprint density at radius 3 is 2.88 bits per heavy atom. The molecule has 2 aliphatic rings. The molecule has 2 N–H and O–H groups in total. The number of anilines is 2. The first kappa shape index (κ1) is 20.8. The summed E-state index contributed by atoms with van der Waals surface area (Å²) < 4.78 is 26.2. The molecule has 1 aromatic heterocycles. The van der Waals surface area contributed by atoms with Crippen molar-refractivity contribution in [1.29, 1.82) is 0 Å². The zero-order valence-corrected chi connectivity index (χ0v) is 18.0. The number of halogens is 2. The molecular weight excluding hydrogens is 435 g/mol. The number of nitrogens with one attached hydrogen (secondary N) is 2. The maximum absolute atomic E-state index is 15.0. The molecule has 1 atom stereocenters. The number of morpholine rings is 1. The van der Waals surface area contributed by atoms with E-state index in [9.17, 15) is 4.79 Å². The van der Waals surface area contributed by atoms with Crippen LogP contribution in [0.2, 0.25) is 5.02 Å². The van der Waals surface area contributed by atoms with Crippen molar-refractivity contribution in [3.63, 3.8) is 0 Å². The molecule has 2 aromatic carbocycles. The number of aromatic nitrogens is 2. The number of carbonyl (C=O) groups excluding carboxylic acids is 1. The van der Waals surface area contributed by atoms with E-state index in [0.717, 1.165) is 17.0 Å². The molecule has 0 bridgehead atoms. The second kappa shape index (κ2) is 8.80. The molecule has 32 heavy (non-hydrogen) atoms. The van der Waals surface area contributed by atoms with Crippen molar-refractivity contribution >= 4 is 28.9 Å². The minimum Gasteiger partial charge on any atom is -0.492 e. The van der Waals surface area contributed by atoms with E-state index < -0.39 is 11.7 Å². The zero-order valence-electron chi connectivity index (χ0n) is 17.2. The van der Waals surface area contributed by atoms with Gasteiger partial charge in [-0.2, -0.15) is 5.10 Å². The van der Waals surface area contributed by atoms with Gasteiger partial charge >= 0.3 is 0 Å². The SMILES string of the molecule is O=C(Nc1cc(F)c(-c2cn[nH]c2)cc1N1CCOCC1)C1COc2ccc(Cl)cc2C1. The van der Waals surface area contributed by atoms with Gasteiger partial charge in [0.05, 0.1) is 36.7 Å². The fourth-order valence-electron chi connectivity index (χ4n) is 4.11. The number of hydrogen-bond donors (Lipinski definition) is 2. The molecule has 5 rings (SSSR count). The van der Waals surface area contributed by atoms with Gasteiger partial charge in [-0.25, -0.2) is 4.39 Å². The van der Waals surface area contributed by atoms with E-state index in [0.29, 0.717) is 54.6 Å². The average Bonchev–Trinajstić information content (AvgIpc) is 3.34. The third kappa shape index (κ3) is 4.16. The van der Waals surface area contributed by atoms with Crippen molar-refractivity contribution in [3.05, 3.63) is 59.1 Å². The van der Waals surface area contributed by atoms with E-state index in [1.165, 1.54) is 6.07 Å². The zero-order chi connectivity index (χ0) is 22.1. The second-order valence-electron chi connectivity index (χ2n) is 7.89. The fourth-order valence-corrected chi connectivity index (χ4v) is 4.31. The minimum absolute atomic E-state index is 0.222. The van der Waals surface area contributed by atoms with Crippen LogP contribution in [0.25, 0.3) is 11.1 Å². The molecule has 1 unspecified atom stereocenters. The molecular formula is C23H22ClFN4O3. The Hall–Kier alpha value is -3.10. The number of carbonyl (C=O) groups is 1. The highest BCUT2D eigenvalue weighted by Gasteiger charge is 2.28. The lowest BCUT2D eigenvalue weighted by molar-refractivity contribution is -0.121. The predicted molar refractivity (Wildman–Crippen MR) is 120 cm³/mol. The number of amides is 1. The molecule has 0 spiro atoms. The van der Waals surface area contributed by atoms with Crippen molar-refractivity contribution in [2.24, 2.45) is 5.92 Å². The smallest absolute Gasteiger partial charge is 0.231 e. The van der Waals surface area contributed by atoms with Crippen LogP contribution in [-0.2, 0) is 16.0 Å². The molecule has 166 valence electrons. The molecule has 2 aliphatic heterocycles. The molecule has 1 amide bonds. The number of fused-ring (bicyclic) bond motifs is 1. The summed E-state index contributed by atoms with van der Waals surface area (Å²) in [5, 5.41) is 10.2. The molecule has 0 radical (unpaired) electrons. The Bertz CT molecular complexity index is 1130. The minimum atomic E-state index is -0.435. The number of hydrogen-bond acceptors (Lipinski definition) is 5. The van der Waals surface area contributed by atoms with Crippen LogP contribution in [0, 0.1) is 11.7 Å². The van der Waals surface area contributed by atoms with Crippen LogP contribution in [0.3, 0.4) is 0 Å². The van der Waals surface area contributed by atoms with Gasteiger partial charge in [0.2, 0.25) is 5.91 Å². The number of benzene rings is 2. The molecule has 1 saturated heterocycles. The first-order chi connectivity index (χ1) is 15.6.